The molecule has 0 amide bonds. The van der Waals surface area contributed by atoms with E-state index < -0.39 is 4.92 Å². The van der Waals surface area contributed by atoms with Crippen molar-refractivity contribution in [3.8, 4) is 0 Å². The predicted octanol–water partition coefficient (Wildman–Crippen LogP) is 2.29. The maximum atomic E-state index is 10.8. The minimum absolute atomic E-state index is 0.0687. The lowest BCUT2D eigenvalue weighted by Gasteiger charge is -2.02. The largest absolute Gasteiger partial charge is 0.329 e. The Morgan fingerprint density at radius 1 is 1.50 bits per heavy atom. The Labute approximate surface area is 107 Å². The molecule has 18 heavy (non-hydrogen) atoms. The molecule has 7 heteroatoms. The van der Waals surface area contributed by atoms with Gasteiger partial charge in [0.1, 0.15) is 0 Å². The van der Waals surface area contributed by atoms with E-state index in [-0.39, 0.29) is 11.3 Å². The number of nitrogens with zero attached hydrogens (tertiary/aromatic N) is 3. The Balaban J connectivity index is 2.33. The molecule has 2 rings (SSSR count). The zero-order valence-electron chi connectivity index (χ0n) is 9.44. The summed E-state index contributed by atoms with van der Waals surface area (Å²) < 4.78 is 1.83. The van der Waals surface area contributed by atoms with Crippen LogP contribution in [-0.2, 0) is 7.05 Å². The highest BCUT2D eigenvalue weighted by atomic mass is 32.2. The molecule has 0 atom stereocenters. The molecule has 0 fully saturated rings. The minimum Gasteiger partial charge on any atom is -0.329 e. The highest BCUT2D eigenvalue weighted by Gasteiger charge is 2.14. The van der Waals surface area contributed by atoms with Gasteiger partial charge in [0.2, 0.25) is 0 Å². The van der Waals surface area contributed by atoms with Crippen molar-refractivity contribution >= 4 is 23.7 Å². The fraction of sp³-hybridized carbons (Fsp3) is 0.0909. The average Bonchev–Trinajstić information content (AvgIpc) is 2.74. The molecule has 2 aromatic rings. The molecule has 0 bridgehead atoms. The molecule has 6 nitrogen and oxygen atoms in total. The second kappa shape index (κ2) is 5.01. The number of imidazole rings is 1. The standard InChI is InChI=1S/C11H9N3O3S/c1-13-5-4-12-11(13)18-9-2-3-10(14(16)17)8(6-9)7-15/h2-7H,1H3. The summed E-state index contributed by atoms with van der Waals surface area (Å²) in [4.78, 5) is 25.8. The summed E-state index contributed by atoms with van der Waals surface area (Å²) in [6, 6.07) is 4.42. The number of nitro groups is 1. The van der Waals surface area contributed by atoms with Gasteiger partial charge in [0, 0.05) is 30.4 Å². The number of hydrogen-bond acceptors (Lipinski definition) is 5. The normalized spacial score (nSPS) is 10.3. The molecule has 92 valence electrons. The van der Waals surface area contributed by atoms with Crippen LogP contribution in [0.15, 0.2) is 40.6 Å². The van der Waals surface area contributed by atoms with Gasteiger partial charge in [-0.1, -0.05) is 11.8 Å². The van der Waals surface area contributed by atoms with Gasteiger partial charge < -0.3 is 4.57 Å². The summed E-state index contributed by atoms with van der Waals surface area (Å²) >= 11 is 1.34. The maximum absolute atomic E-state index is 10.8. The van der Waals surface area contributed by atoms with Crippen LogP contribution in [0.1, 0.15) is 10.4 Å². The molecule has 0 aliphatic carbocycles. The molecule has 0 aliphatic rings. The SMILES string of the molecule is Cn1ccnc1Sc1ccc([N+](=O)[O-])c(C=O)c1. The second-order valence-electron chi connectivity index (χ2n) is 3.52. The summed E-state index contributed by atoms with van der Waals surface area (Å²) in [6.45, 7) is 0. The van der Waals surface area contributed by atoms with Gasteiger partial charge in [-0.25, -0.2) is 4.98 Å². The van der Waals surface area contributed by atoms with E-state index in [1.165, 1.54) is 23.9 Å². The first-order valence-corrected chi connectivity index (χ1v) is 5.82. The quantitative estimate of drug-likeness (QED) is 0.480. The van der Waals surface area contributed by atoms with E-state index in [0.717, 1.165) is 10.1 Å². The Kier molecular flexibility index (Phi) is 3.42. The van der Waals surface area contributed by atoms with Crippen LogP contribution in [0.2, 0.25) is 0 Å². The fourth-order valence-electron chi connectivity index (χ4n) is 1.41. The van der Waals surface area contributed by atoms with Crippen molar-refractivity contribution < 1.29 is 9.72 Å². The zero-order chi connectivity index (χ0) is 13.1. The predicted molar refractivity (Wildman–Crippen MR) is 65.8 cm³/mol. The van der Waals surface area contributed by atoms with Crippen LogP contribution in [0.25, 0.3) is 0 Å². The Morgan fingerprint density at radius 3 is 2.83 bits per heavy atom. The van der Waals surface area contributed by atoms with Crippen LogP contribution < -0.4 is 0 Å². The maximum Gasteiger partial charge on any atom is 0.279 e. The lowest BCUT2D eigenvalue weighted by atomic mass is 10.2. The summed E-state index contributed by atoms with van der Waals surface area (Å²) in [5, 5.41) is 11.4. The van der Waals surface area contributed by atoms with Crippen molar-refractivity contribution in [3.63, 3.8) is 0 Å². The van der Waals surface area contributed by atoms with E-state index in [0.29, 0.717) is 6.29 Å². The van der Waals surface area contributed by atoms with Gasteiger partial charge in [0.05, 0.1) is 10.5 Å². The van der Waals surface area contributed by atoms with Crippen LogP contribution in [0, 0.1) is 10.1 Å². The van der Waals surface area contributed by atoms with Gasteiger partial charge in [0.15, 0.2) is 11.4 Å². The van der Waals surface area contributed by atoms with Crippen LogP contribution in [-0.4, -0.2) is 20.8 Å². The van der Waals surface area contributed by atoms with Gasteiger partial charge in [-0.3, -0.25) is 14.9 Å². The lowest BCUT2D eigenvalue weighted by molar-refractivity contribution is -0.385. The number of hydrogen-bond donors (Lipinski definition) is 0. The van der Waals surface area contributed by atoms with E-state index in [2.05, 4.69) is 4.98 Å². The first-order valence-electron chi connectivity index (χ1n) is 5.00. The van der Waals surface area contributed by atoms with Crippen molar-refractivity contribution in [2.24, 2.45) is 7.05 Å². The summed E-state index contributed by atoms with van der Waals surface area (Å²) in [5.41, 5.74) is -0.117. The number of aryl methyl sites for hydroxylation is 1. The Bertz CT molecular complexity index is 609. The third-order valence-electron chi connectivity index (χ3n) is 2.31. The molecule has 0 N–H and O–H groups in total. The van der Waals surface area contributed by atoms with E-state index in [1.807, 2.05) is 11.6 Å². The summed E-state index contributed by atoms with van der Waals surface area (Å²) in [6.07, 6.45) is 3.95. The van der Waals surface area contributed by atoms with Crippen molar-refractivity contribution in [1.82, 2.24) is 9.55 Å². The number of nitro benzene ring substituents is 1. The summed E-state index contributed by atoms with van der Waals surface area (Å²) in [7, 11) is 1.85. The number of rotatable bonds is 4. The zero-order valence-corrected chi connectivity index (χ0v) is 10.3. The van der Waals surface area contributed by atoms with Crippen LogP contribution >= 0.6 is 11.8 Å². The van der Waals surface area contributed by atoms with Gasteiger partial charge in [0.25, 0.3) is 5.69 Å². The van der Waals surface area contributed by atoms with Crippen molar-refractivity contribution in [2.75, 3.05) is 0 Å². The molecule has 0 spiro atoms. The lowest BCUT2D eigenvalue weighted by Crippen LogP contribution is -1.95. The van der Waals surface area contributed by atoms with Crippen LogP contribution in [0.4, 0.5) is 5.69 Å². The van der Waals surface area contributed by atoms with Gasteiger partial charge >= 0.3 is 0 Å². The molecular formula is C11H9N3O3S. The van der Waals surface area contributed by atoms with Gasteiger partial charge in [-0.15, -0.1) is 0 Å². The van der Waals surface area contributed by atoms with Crippen LogP contribution in [0.3, 0.4) is 0 Å². The number of aromatic nitrogens is 2. The topological polar surface area (TPSA) is 78.0 Å². The Hall–Kier alpha value is -2.15. The molecular weight excluding hydrogens is 254 g/mol. The molecule has 0 aliphatic heterocycles. The van der Waals surface area contributed by atoms with Crippen molar-refractivity contribution in [3.05, 3.63) is 46.3 Å². The molecule has 0 saturated heterocycles. The molecule has 0 saturated carbocycles. The van der Waals surface area contributed by atoms with E-state index in [9.17, 15) is 14.9 Å². The number of carbonyl (C=O) groups excluding carboxylic acids is 1. The smallest absolute Gasteiger partial charge is 0.279 e. The third kappa shape index (κ3) is 2.40. The number of benzene rings is 1. The van der Waals surface area contributed by atoms with E-state index in [4.69, 9.17) is 0 Å². The second-order valence-corrected chi connectivity index (χ2v) is 4.56. The monoisotopic (exact) mass is 263 g/mol. The van der Waals surface area contributed by atoms with Gasteiger partial charge in [-0.2, -0.15) is 0 Å². The van der Waals surface area contributed by atoms with E-state index in [1.54, 1.807) is 18.5 Å². The third-order valence-corrected chi connectivity index (χ3v) is 3.37. The fourth-order valence-corrected chi connectivity index (χ4v) is 2.26. The number of aldehydes is 1. The average molecular weight is 263 g/mol. The minimum atomic E-state index is -0.570. The van der Waals surface area contributed by atoms with E-state index >= 15 is 0 Å². The molecule has 0 unspecified atom stereocenters. The van der Waals surface area contributed by atoms with Crippen molar-refractivity contribution in [1.29, 1.82) is 0 Å². The molecule has 1 aromatic carbocycles. The van der Waals surface area contributed by atoms with Crippen molar-refractivity contribution in [2.45, 2.75) is 10.1 Å². The summed E-state index contributed by atoms with van der Waals surface area (Å²) in [5.74, 6) is 0. The molecule has 1 heterocycles. The first-order chi connectivity index (χ1) is 8.61. The molecule has 1 aromatic heterocycles. The highest BCUT2D eigenvalue weighted by molar-refractivity contribution is 7.99. The van der Waals surface area contributed by atoms with Crippen LogP contribution in [0.5, 0.6) is 0 Å². The Morgan fingerprint density at radius 2 is 2.28 bits per heavy atom. The molecule has 0 radical (unpaired) electrons. The highest BCUT2D eigenvalue weighted by Crippen LogP contribution is 2.29. The first kappa shape index (κ1) is 12.3. The number of carbonyl (C=O) groups is 1. The van der Waals surface area contributed by atoms with Gasteiger partial charge in [-0.05, 0) is 12.1 Å².